The fourth-order valence-corrected chi connectivity index (χ4v) is 1.93. The largest absolute Gasteiger partial charge is 0.382 e. The number of nitrogens with zero attached hydrogens (tertiary/aromatic N) is 2. The summed E-state index contributed by atoms with van der Waals surface area (Å²) in [6.07, 6.45) is 1.69. The summed E-state index contributed by atoms with van der Waals surface area (Å²) in [5, 5.41) is 10.4. The third-order valence-electron chi connectivity index (χ3n) is 3.16. The lowest BCUT2D eigenvalue weighted by Gasteiger charge is -2.09. The first-order chi connectivity index (χ1) is 9.70. The molecule has 5 nitrogen and oxygen atoms in total. The molecule has 2 rings (SSSR count). The van der Waals surface area contributed by atoms with Crippen LogP contribution in [0.4, 0.5) is 5.69 Å². The maximum Gasteiger partial charge on any atom is 0.269 e. The van der Waals surface area contributed by atoms with E-state index >= 15 is 0 Å². The Hall–Kier alpha value is -2.14. The van der Waals surface area contributed by atoms with Crippen molar-refractivity contribution in [1.82, 2.24) is 15.1 Å². The minimum atomic E-state index is -0.0947. The van der Waals surface area contributed by atoms with Crippen LogP contribution < -0.4 is 16.2 Å². The first kappa shape index (κ1) is 14.3. The van der Waals surface area contributed by atoms with Gasteiger partial charge in [0.15, 0.2) is 0 Å². The molecule has 0 spiro atoms. The Kier molecular flexibility index (Phi) is 4.90. The van der Waals surface area contributed by atoms with Gasteiger partial charge in [-0.05, 0) is 25.1 Å². The van der Waals surface area contributed by atoms with Crippen molar-refractivity contribution in [2.24, 2.45) is 0 Å². The van der Waals surface area contributed by atoms with E-state index in [1.165, 1.54) is 4.68 Å². The van der Waals surface area contributed by atoms with Gasteiger partial charge in [0, 0.05) is 19.2 Å². The Morgan fingerprint density at radius 1 is 1.25 bits per heavy atom. The summed E-state index contributed by atoms with van der Waals surface area (Å²) in [4.78, 5) is 12.0. The van der Waals surface area contributed by atoms with Gasteiger partial charge in [-0.3, -0.25) is 4.79 Å². The fraction of sp³-hybridized carbons (Fsp3) is 0.333. The smallest absolute Gasteiger partial charge is 0.269 e. The second-order valence-corrected chi connectivity index (χ2v) is 4.70. The van der Waals surface area contributed by atoms with E-state index in [1.807, 2.05) is 38.2 Å². The maximum atomic E-state index is 12.0. The van der Waals surface area contributed by atoms with Crippen LogP contribution >= 0.6 is 0 Å². The van der Waals surface area contributed by atoms with Gasteiger partial charge in [0.25, 0.3) is 5.56 Å². The summed E-state index contributed by atoms with van der Waals surface area (Å²) in [6.45, 7) is 4.14. The highest BCUT2D eigenvalue weighted by molar-refractivity contribution is 5.38. The van der Waals surface area contributed by atoms with E-state index in [-0.39, 0.29) is 5.56 Å². The van der Waals surface area contributed by atoms with Crippen LogP contribution in [0.25, 0.3) is 0 Å². The number of nitrogens with one attached hydrogen (secondary N) is 2. The van der Waals surface area contributed by atoms with Gasteiger partial charge in [0.05, 0.1) is 18.4 Å². The quantitative estimate of drug-likeness (QED) is 0.777. The Labute approximate surface area is 118 Å². The van der Waals surface area contributed by atoms with Crippen molar-refractivity contribution in [2.45, 2.75) is 13.5 Å². The number of hydrogen-bond donors (Lipinski definition) is 2. The molecule has 0 aliphatic carbocycles. The number of aryl methyl sites for hydroxylation is 1. The lowest BCUT2D eigenvalue weighted by Crippen LogP contribution is -2.24. The number of hydrogen-bond acceptors (Lipinski definition) is 4. The maximum absolute atomic E-state index is 12.0. The lowest BCUT2D eigenvalue weighted by atomic mass is 10.1. The Balaban J connectivity index is 2.10. The van der Waals surface area contributed by atoms with Gasteiger partial charge in [0.2, 0.25) is 0 Å². The van der Waals surface area contributed by atoms with Gasteiger partial charge in [-0.2, -0.15) is 5.10 Å². The van der Waals surface area contributed by atoms with Gasteiger partial charge < -0.3 is 10.6 Å². The Bertz CT molecular complexity index is 621. The van der Waals surface area contributed by atoms with E-state index in [0.29, 0.717) is 6.54 Å². The molecule has 0 aliphatic heterocycles. The van der Waals surface area contributed by atoms with E-state index in [2.05, 4.69) is 15.7 Å². The lowest BCUT2D eigenvalue weighted by molar-refractivity contribution is 0.637. The zero-order valence-electron chi connectivity index (χ0n) is 11.9. The molecule has 0 fully saturated rings. The van der Waals surface area contributed by atoms with E-state index in [1.54, 1.807) is 12.3 Å². The van der Waals surface area contributed by atoms with Crippen molar-refractivity contribution in [3.8, 4) is 0 Å². The van der Waals surface area contributed by atoms with Crippen LogP contribution in [0.2, 0.25) is 0 Å². The number of likely N-dealkylation sites (N-methyl/N-ethyl adjacent to an activating group) is 1. The fourth-order valence-electron chi connectivity index (χ4n) is 1.93. The molecule has 0 saturated heterocycles. The summed E-state index contributed by atoms with van der Waals surface area (Å²) >= 11 is 0. The van der Waals surface area contributed by atoms with Crippen molar-refractivity contribution in [2.75, 3.05) is 25.5 Å². The number of benzene rings is 1. The molecule has 0 saturated carbocycles. The van der Waals surface area contributed by atoms with E-state index in [4.69, 9.17) is 0 Å². The topological polar surface area (TPSA) is 59.0 Å². The van der Waals surface area contributed by atoms with Crippen molar-refractivity contribution >= 4 is 5.69 Å². The van der Waals surface area contributed by atoms with Crippen LogP contribution in [0.1, 0.15) is 11.1 Å². The molecule has 0 bridgehead atoms. The summed E-state index contributed by atoms with van der Waals surface area (Å²) in [6, 6.07) is 9.60. The number of anilines is 1. The van der Waals surface area contributed by atoms with Crippen molar-refractivity contribution in [3.63, 3.8) is 0 Å². The van der Waals surface area contributed by atoms with Crippen LogP contribution in [-0.4, -0.2) is 29.9 Å². The second kappa shape index (κ2) is 6.86. The molecule has 0 unspecified atom stereocenters. The molecular weight excluding hydrogens is 252 g/mol. The third-order valence-corrected chi connectivity index (χ3v) is 3.16. The second-order valence-electron chi connectivity index (χ2n) is 4.70. The first-order valence-corrected chi connectivity index (χ1v) is 6.71. The van der Waals surface area contributed by atoms with Crippen LogP contribution in [0.3, 0.4) is 0 Å². The molecule has 0 atom stereocenters. The first-order valence-electron chi connectivity index (χ1n) is 6.71. The standard InChI is InChI=1S/C15H20N4O/c1-12-5-3-4-6-13(12)11-19-15(20)9-14(10-18-19)17-8-7-16-2/h3-6,9-10,16-17H,7-8,11H2,1-2H3. The molecule has 5 heteroatoms. The minimum Gasteiger partial charge on any atom is -0.382 e. The summed E-state index contributed by atoms with van der Waals surface area (Å²) < 4.78 is 1.48. The van der Waals surface area contributed by atoms with Gasteiger partial charge >= 0.3 is 0 Å². The van der Waals surface area contributed by atoms with Crippen LogP contribution in [0.15, 0.2) is 41.3 Å². The SMILES string of the molecule is CNCCNc1cnn(Cc2ccccc2C)c(=O)c1. The van der Waals surface area contributed by atoms with Gasteiger partial charge in [0.1, 0.15) is 0 Å². The van der Waals surface area contributed by atoms with E-state index < -0.39 is 0 Å². The average Bonchev–Trinajstić information content (AvgIpc) is 2.44. The molecule has 0 aliphatic rings. The molecular formula is C15H20N4O. The predicted octanol–water partition coefficient (Wildman–Crippen LogP) is 1.23. The molecule has 1 aromatic heterocycles. The zero-order chi connectivity index (χ0) is 14.4. The molecule has 106 valence electrons. The van der Waals surface area contributed by atoms with Crippen LogP contribution in [-0.2, 0) is 6.54 Å². The highest BCUT2D eigenvalue weighted by Crippen LogP contribution is 2.08. The number of aromatic nitrogens is 2. The average molecular weight is 272 g/mol. The third kappa shape index (κ3) is 3.68. The number of rotatable bonds is 6. The molecule has 2 N–H and O–H groups in total. The molecule has 2 aromatic rings. The Morgan fingerprint density at radius 2 is 2.05 bits per heavy atom. The summed E-state index contributed by atoms with van der Waals surface area (Å²) in [7, 11) is 1.89. The zero-order valence-corrected chi connectivity index (χ0v) is 11.9. The summed E-state index contributed by atoms with van der Waals surface area (Å²) in [5.74, 6) is 0. The van der Waals surface area contributed by atoms with Crippen LogP contribution in [0.5, 0.6) is 0 Å². The molecule has 20 heavy (non-hydrogen) atoms. The van der Waals surface area contributed by atoms with E-state index in [9.17, 15) is 4.79 Å². The van der Waals surface area contributed by atoms with Gasteiger partial charge in [-0.1, -0.05) is 24.3 Å². The molecule has 1 heterocycles. The monoisotopic (exact) mass is 272 g/mol. The van der Waals surface area contributed by atoms with Crippen LogP contribution in [0, 0.1) is 6.92 Å². The van der Waals surface area contributed by atoms with Gasteiger partial charge in [-0.15, -0.1) is 0 Å². The Morgan fingerprint density at radius 3 is 2.75 bits per heavy atom. The molecule has 0 amide bonds. The highest BCUT2D eigenvalue weighted by Gasteiger charge is 2.03. The normalized spacial score (nSPS) is 10.5. The highest BCUT2D eigenvalue weighted by atomic mass is 16.1. The molecule has 1 aromatic carbocycles. The van der Waals surface area contributed by atoms with Gasteiger partial charge in [-0.25, -0.2) is 4.68 Å². The minimum absolute atomic E-state index is 0.0947. The van der Waals surface area contributed by atoms with Crippen molar-refractivity contribution in [3.05, 3.63) is 58.0 Å². The van der Waals surface area contributed by atoms with Crippen molar-refractivity contribution in [1.29, 1.82) is 0 Å². The van der Waals surface area contributed by atoms with Crippen molar-refractivity contribution < 1.29 is 0 Å². The van der Waals surface area contributed by atoms with E-state index in [0.717, 1.165) is 29.9 Å². The predicted molar refractivity (Wildman–Crippen MR) is 81.2 cm³/mol. The summed E-state index contributed by atoms with van der Waals surface area (Å²) in [5.41, 5.74) is 2.93. The molecule has 0 radical (unpaired) electrons.